The predicted molar refractivity (Wildman–Crippen MR) is 83.1 cm³/mol. The Balaban J connectivity index is 2.29. The lowest BCUT2D eigenvalue weighted by molar-refractivity contribution is -0.137. The van der Waals surface area contributed by atoms with Gasteiger partial charge in [0.05, 0.1) is 20.7 Å². The van der Waals surface area contributed by atoms with Crippen molar-refractivity contribution in [1.29, 1.82) is 0 Å². The summed E-state index contributed by atoms with van der Waals surface area (Å²) in [4.78, 5) is -0.517. The second-order valence-corrected chi connectivity index (χ2v) is 10.2. The summed E-state index contributed by atoms with van der Waals surface area (Å²) in [7, 11) is -7.43. The number of piperidine rings is 1. The summed E-state index contributed by atoms with van der Waals surface area (Å²) < 4.78 is 87.6. The van der Waals surface area contributed by atoms with Crippen molar-refractivity contribution in [3.63, 3.8) is 0 Å². The van der Waals surface area contributed by atoms with E-state index in [9.17, 15) is 30.0 Å². The zero-order valence-electron chi connectivity index (χ0n) is 12.5. The maximum atomic E-state index is 12.9. The Labute approximate surface area is 143 Å². The van der Waals surface area contributed by atoms with E-state index in [4.69, 9.17) is 11.6 Å². The largest absolute Gasteiger partial charge is 0.417 e. The fourth-order valence-electron chi connectivity index (χ4n) is 2.53. The van der Waals surface area contributed by atoms with E-state index in [-0.39, 0.29) is 25.9 Å². The Bertz CT molecular complexity index is 829. The first-order valence-electron chi connectivity index (χ1n) is 6.89. The van der Waals surface area contributed by atoms with Crippen molar-refractivity contribution < 1.29 is 30.0 Å². The van der Waals surface area contributed by atoms with E-state index in [2.05, 4.69) is 0 Å². The van der Waals surface area contributed by atoms with Crippen LogP contribution in [-0.4, -0.2) is 45.7 Å². The molecule has 24 heavy (non-hydrogen) atoms. The van der Waals surface area contributed by atoms with E-state index in [1.54, 1.807) is 0 Å². The number of benzene rings is 1. The Morgan fingerprint density at radius 1 is 1.12 bits per heavy atom. The second-order valence-electron chi connectivity index (χ2n) is 5.57. The minimum atomic E-state index is -4.77. The predicted octanol–water partition coefficient (Wildman–Crippen LogP) is 2.56. The Morgan fingerprint density at radius 3 is 2.12 bits per heavy atom. The normalized spacial score (nSPS) is 18.7. The number of rotatable bonds is 3. The summed E-state index contributed by atoms with van der Waals surface area (Å²) in [5.41, 5.74) is -1.23. The average Bonchev–Trinajstić information content (AvgIpc) is 2.45. The lowest BCUT2D eigenvalue weighted by atomic mass is 10.2. The Kier molecular flexibility index (Phi) is 5.25. The number of hydrogen-bond donors (Lipinski definition) is 0. The summed E-state index contributed by atoms with van der Waals surface area (Å²) in [6, 6.07) is 2.40. The standard InChI is InChI=1S/C13H15ClF3NO4S2/c1-23(19,20)9-4-6-18(7-5-9)24(21,22)10-2-3-12(14)11(8-10)13(15,16)17/h2-3,8-9H,4-7H2,1H3. The van der Waals surface area contributed by atoms with Crippen molar-refractivity contribution >= 4 is 31.5 Å². The molecule has 1 aromatic rings. The van der Waals surface area contributed by atoms with Crippen LogP contribution in [0.5, 0.6) is 0 Å². The minimum absolute atomic E-state index is 0.0654. The van der Waals surface area contributed by atoms with E-state index in [1.807, 2.05) is 0 Å². The van der Waals surface area contributed by atoms with Crippen LogP contribution in [0.3, 0.4) is 0 Å². The molecule has 0 radical (unpaired) electrons. The van der Waals surface area contributed by atoms with Crippen LogP contribution in [0.2, 0.25) is 5.02 Å². The minimum Gasteiger partial charge on any atom is -0.229 e. The molecular weight excluding hydrogens is 391 g/mol. The summed E-state index contributed by atoms with van der Waals surface area (Å²) in [6.45, 7) is -0.131. The van der Waals surface area contributed by atoms with Crippen LogP contribution in [-0.2, 0) is 26.0 Å². The highest BCUT2D eigenvalue weighted by molar-refractivity contribution is 7.91. The van der Waals surface area contributed by atoms with Crippen molar-refractivity contribution in [2.75, 3.05) is 19.3 Å². The van der Waals surface area contributed by atoms with Gasteiger partial charge in [0.15, 0.2) is 0 Å². The van der Waals surface area contributed by atoms with E-state index < -0.39 is 46.8 Å². The molecule has 1 saturated heterocycles. The Morgan fingerprint density at radius 2 is 1.67 bits per heavy atom. The number of sulfonamides is 1. The molecule has 0 spiro atoms. The molecule has 1 fully saturated rings. The molecule has 0 aliphatic carbocycles. The second kappa shape index (κ2) is 6.47. The highest BCUT2D eigenvalue weighted by atomic mass is 35.5. The monoisotopic (exact) mass is 405 g/mol. The fourth-order valence-corrected chi connectivity index (χ4v) is 5.32. The number of hydrogen-bond acceptors (Lipinski definition) is 4. The molecule has 1 aliphatic rings. The first-order chi connectivity index (χ1) is 10.8. The van der Waals surface area contributed by atoms with Crippen LogP contribution >= 0.6 is 11.6 Å². The first kappa shape index (κ1) is 19.5. The average molecular weight is 406 g/mol. The number of nitrogens with zero attached hydrogens (tertiary/aromatic N) is 1. The summed E-state index contributed by atoms with van der Waals surface area (Å²) in [5.74, 6) is 0. The molecule has 0 atom stereocenters. The van der Waals surface area contributed by atoms with E-state index in [0.717, 1.165) is 22.7 Å². The third-order valence-electron chi connectivity index (χ3n) is 3.89. The molecule has 0 unspecified atom stereocenters. The molecule has 0 saturated carbocycles. The van der Waals surface area contributed by atoms with Crippen molar-refractivity contribution in [3.8, 4) is 0 Å². The fraction of sp³-hybridized carbons (Fsp3) is 0.538. The van der Waals surface area contributed by atoms with Gasteiger partial charge in [-0.3, -0.25) is 0 Å². The maximum Gasteiger partial charge on any atom is 0.417 e. The van der Waals surface area contributed by atoms with Gasteiger partial charge in [-0.2, -0.15) is 17.5 Å². The van der Waals surface area contributed by atoms with Crippen LogP contribution in [0, 0.1) is 0 Å². The van der Waals surface area contributed by atoms with Crippen LogP contribution in [0.1, 0.15) is 18.4 Å². The highest BCUT2D eigenvalue weighted by Gasteiger charge is 2.37. The van der Waals surface area contributed by atoms with Gasteiger partial charge < -0.3 is 0 Å². The van der Waals surface area contributed by atoms with Gasteiger partial charge in [-0.15, -0.1) is 0 Å². The molecule has 0 N–H and O–H groups in total. The van der Waals surface area contributed by atoms with Gasteiger partial charge in [-0.25, -0.2) is 16.8 Å². The number of alkyl halides is 3. The first-order valence-corrected chi connectivity index (χ1v) is 10.7. The zero-order chi connectivity index (χ0) is 18.3. The number of sulfone groups is 1. The summed E-state index contributed by atoms with van der Waals surface area (Å²) in [6.07, 6.45) is -3.47. The van der Waals surface area contributed by atoms with Crippen LogP contribution in [0.4, 0.5) is 13.2 Å². The molecule has 1 aromatic carbocycles. The highest BCUT2D eigenvalue weighted by Crippen LogP contribution is 2.36. The SMILES string of the molecule is CS(=O)(=O)C1CCN(S(=O)(=O)c2ccc(Cl)c(C(F)(F)F)c2)CC1. The van der Waals surface area contributed by atoms with Crippen LogP contribution in [0.25, 0.3) is 0 Å². The van der Waals surface area contributed by atoms with Crippen molar-refractivity contribution in [1.82, 2.24) is 4.31 Å². The Hall–Kier alpha value is -0.840. The molecule has 0 aromatic heterocycles. The third kappa shape index (κ3) is 4.04. The summed E-state index contributed by atoms with van der Waals surface area (Å²) in [5, 5.41) is -1.22. The van der Waals surface area contributed by atoms with Crippen molar-refractivity contribution in [3.05, 3.63) is 28.8 Å². The van der Waals surface area contributed by atoms with Gasteiger partial charge in [-0.05, 0) is 31.0 Å². The molecule has 2 rings (SSSR count). The molecule has 1 heterocycles. The lowest BCUT2D eigenvalue weighted by Gasteiger charge is -2.30. The van der Waals surface area contributed by atoms with Crippen LogP contribution in [0.15, 0.2) is 23.1 Å². The smallest absolute Gasteiger partial charge is 0.229 e. The van der Waals surface area contributed by atoms with Gasteiger partial charge in [-0.1, -0.05) is 11.6 Å². The topological polar surface area (TPSA) is 71.5 Å². The lowest BCUT2D eigenvalue weighted by Crippen LogP contribution is -2.42. The van der Waals surface area contributed by atoms with E-state index in [0.29, 0.717) is 6.07 Å². The number of halogens is 4. The summed E-state index contributed by atoms with van der Waals surface area (Å²) >= 11 is 5.49. The quantitative estimate of drug-likeness (QED) is 0.774. The van der Waals surface area contributed by atoms with Gasteiger partial charge in [0.1, 0.15) is 9.84 Å². The molecule has 5 nitrogen and oxygen atoms in total. The van der Waals surface area contributed by atoms with Gasteiger partial charge in [0.2, 0.25) is 10.0 Å². The third-order valence-corrected chi connectivity index (χ3v) is 7.79. The molecule has 1 aliphatic heterocycles. The van der Waals surface area contributed by atoms with Crippen molar-refractivity contribution in [2.45, 2.75) is 29.2 Å². The molecule has 136 valence electrons. The van der Waals surface area contributed by atoms with Crippen LogP contribution < -0.4 is 0 Å². The molecule has 0 amide bonds. The molecular formula is C13H15ClF3NO4S2. The molecule has 11 heteroatoms. The van der Waals surface area contributed by atoms with E-state index in [1.165, 1.54) is 0 Å². The van der Waals surface area contributed by atoms with Gasteiger partial charge in [0, 0.05) is 19.3 Å². The van der Waals surface area contributed by atoms with E-state index >= 15 is 0 Å². The zero-order valence-corrected chi connectivity index (χ0v) is 14.9. The van der Waals surface area contributed by atoms with Crippen molar-refractivity contribution in [2.24, 2.45) is 0 Å². The van der Waals surface area contributed by atoms with Gasteiger partial charge >= 0.3 is 6.18 Å². The molecule has 0 bridgehead atoms. The van der Waals surface area contributed by atoms with Gasteiger partial charge in [0.25, 0.3) is 0 Å². The maximum absolute atomic E-state index is 12.9.